The number of nitriles is 1. The van der Waals surface area contributed by atoms with E-state index in [-0.39, 0.29) is 6.79 Å². The van der Waals surface area contributed by atoms with Gasteiger partial charge in [-0.25, -0.2) is 19.6 Å². The molecule has 0 radical (unpaired) electrons. The molecule has 222 valence electrons. The molecule has 0 unspecified atom stereocenters. The largest absolute Gasteiger partial charge is 0.490 e. The molecule has 4 aromatic rings. The number of fused-ring (bicyclic) bond motifs is 6. The number of anilines is 2. The van der Waals surface area contributed by atoms with Crippen LogP contribution in [0, 0.1) is 11.3 Å². The number of alkyl halides is 6. The average molecular weight is 608 g/mol. The Hall–Kier alpha value is -5.86. The minimum absolute atomic E-state index is 0.114. The van der Waals surface area contributed by atoms with Crippen LogP contribution >= 0.6 is 0 Å². The Morgan fingerprint density at radius 3 is 2.26 bits per heavy atom. The van der Waals surface area contributed by atoms with Gasteiger partial charge < -0.3 is 30.0 Å². The Bertz CT molecular complexity index is 1660. The second-order valence-corrected chi connectivity index (χ2v) is 8.19. The van der Waals surface area contributed by atoms with Crippen molar-refractivity contribution in [1.29, 1.82) is 5.26 Å². The summed E-state index contributed by atoms with van der Waals surface area (Å²) in [5.74, 6) is -3.17. The molecule has 12 nitrogen and oxygen atoms in total. The summed E-state index contributed by atoms with van der Waals surface area (Å²) in [4.78, 5) is 34.7. The third-order valence-electron chi connectivity index (χ3n) is 5.49. The van der Waals surface area contributed by atoms with Crippen molar-refractivity contribution in [2.24, 2.45) is 0 Å². The second-order valence-electron chi connectivity index (χ2n) is 8.19. The topological polar surface area (TPSA) is 183 Å². The van der Waals surface area contributed by atoms with Gasteiger partial charge in [0.05, 0.1) is 28.7 Å². The van der Waals surface area contributed by atoms with Crippen LogP contribution in [-0.2, 0) is 9.59 Å². The van der Waals surface area contributed by atoms with Gasteiger partial charge in [-0.05, 0) is 30.3 Å². The van der Waals surface area contributed by atoms with Gasteiger partial charge in [0.25, 0.3) is 0 Å². The van der Waals surface area contributed by atoms with Crippen LogP contribution in [0.3, 0.4) is 0 Å². The SMILES string of the molecule is N#Cc1ccc2c(c1-c1nc3c([nH]1)-c1ccncc1Nc1ncccc1-3)OCO2.O=C(O)C(F)(F)F.O=C(O)C(F)(F)F. The van der Waals surface area contributed by atoms with E-state index >= 15 is 0 Å². The van der Waals surface area contributed by atoms with Gasteiger partial charge in [0.1, 0.15) is 23.4 Å². The number of carboxylic acids is 2. The lowest BCUT2D eigenvalue weighted by atomic mass is 10.1. The smallest absolute Gasteiger partial charge is 0.475 e. The minimum Gasteiger partial charge on any atom is -0.475 e. The van der Waals surface area contributed by atoms with Crippen LogP contribution in [0.5, 0.6) is 11.5 Å². The number of rotatable bonds is 1. The maximum atomic E-state index is 10.6. The molecule has 43 heavy (non-hydrogen) atoms. The van der Waals surface area contributed by atoms with Crippen molar-refractivity contribution in [2.75, 3.05) is 12.1 Å². The maximum absolute atomic E-state index is 10.6. The number of nitrogens with zero attached hydrogens (tertiary/aromatic N) is 4. The van der Waals surface area contributed by atoms with Gasteiger partial charge >= 0.3 is 24.3 Å². The molecule has 0 bridgehead atoms. The summed E-state index contributed by atoms with van der Waals surface area (Å²) in [6.45, 7) is 0.114. The number of H-pyrrole nitrogens is 1. The molecule has 0 saturated carbocycles. The van der Waals surface area contributed by atoms with Gasteiger partial charge in [0, 0.05) is 23.5 Å². The number of nitrogens with one attached hydrogen (secondary N) is 2. The van der Waals surface area contributed by atoms with Crippen molar-refractivity contribution in [3.05, 3.63) is 54.5 Å². The molecule has 2 aliphatic heterocycles. The number of benzene rings is 1. The molecule has 3 aromatic heterocycles. The van der Waals surface area contributed by atoms with E-state index in [0.29, 0.717) is 34.3 Å². The summed E-state index contributed by atoms with van der Waals surface area (Å²) in [6, 6.07) is 11.4. The molecule has 6 rings (SSSR count). The van der Waals surface area contributed by atoms with Crippen molar-refractivity contribution in [3.8, 4) is 51.5 Å². The fourth-order valence-electron chi connectivity index (χ4n) is 3.72. The maximum Gasteiger partial charge on any atom is 0.490 e. The lowest BCUT2D eigenvalue weighted by Crippen LogP contribution is -2.21. The summed E-state index contributed by atoms with van der Waals surface area (Å²) in [7, 11) is 0. The Morgan fingerprint density at radius 1 is 0.953 bits per heavy atom. The number of carbonyl (C=O) groups is 2. The molecular weight excluding hydrogens is 594 g/mol. The standard InChI is InChI=1S/C21H12N6O2.2C2HF3O2/c22-8-11-3-4-15-19(29-10-28-15)16(11)21-26-17-12-5-7-23-9-14(12)25-20-13(18(17)27-21)2-1-6-24-20;2*3-2(4,5)1(6)7/h1-7,9H,10H2,(H,24,25)(H,26,27);2*(H,6,7). The predicted octanol–water partition coefficient (Wildman–Crippen LogP) is 5.12. The van der Waals surface area contributed by atoms with Gasteiger partial charge in [-0.15, -0.1) is 0 Å². The molecule has 4 N–H and O–H groups in total. The number of halogens is 6. The molecule has 0 amide bonds. The Labute approximate surface area is 235 Å². The Morgan fingerprint density at radius 2 is 1.63 bits per heavy atom. The highest BCUT2D eigenvalue weighted by Gasteiger charge is 2.39. The summed E-state index contributed by atoms with van der Waals surface area (Å²) in [6.07, 6.45) is -4.96. The third-order valence-corrected chi connectivity index (χ3v) is 5.49. The van der Waals surface area contributed by atoms with Gasteiger partial charge in [0.15, 0.2) is 11.5 Å². The first kappa shape index (κ1) is 30.1. The lowest BCUT2D eigenvalue weighted by molar-refractivity contribution is -0.193. The molecule has 2 aliphatic rings. The highest BCUT2D eigenvalue weighted by Crippen LogP contribution is 2.47. The number of aromatic nitrogens is 4. The van der Waals surface area contributed by atoms with Crippen molar-refractivity contribution in [2.45, 2.75) is 12.4 Å². The number of imidazole rings is 1. The minimum atomic E-state index is -5.08. The zero-order valence-electron chi connectivity index (χ0n) is 20.9. The van der Waals surface area contributed by atoms with E-state index in [9.17, 15) is 31.6 Å². The predicted molar refractivity (Wildman–Crippen MR) is 132 cm³/mol. The van der Waals surface area contributed by atoms with Crippen LogP contribution in [-0.4, -0.2) is 61.2 Å². The van der Waals surface area contributed by atoms with Gasteiger partial charge in [-0.2, -0.15) is 31.6 Å². The van der Waals surface area contributed by atoms with Crippen molar-refractivity contribution in [1.82, 2.24) is 19.9 Å². The van der Waals surface area contributed by atoms with E-state index in [1.165, 1.54) is 0 Å². The normalized spacial score (nSPS) is 12.3. The van der Waals surface area contributed by atoms with E-state index in [1.54, 1.807) is 30.7 Å². The van der Waals surface area contributed by atoms with Crippen LogP contribution < -0.4 is 14.8 Å². The average Bonchev–Trinajstić information content (AvgIpc) is 3.58. The van der Waals surface area contributed by atoms with Gasteiger partial charge in [-0.3, -0.25) is 4.98 Å². The van der Waals surface area contributed by atoms with Gasteiger partial charge in [0.2, 0.25) is 6.79 Å². The van der Waals surface area contributed by atoms with E-state index < -0.39 is 24.3 Å². The Kier molecular flexibility index (Phi) is 8.09. The van der Waals surface area contributed by atoms with Crippen molar-refractivity contribution >= 4 is 23.4 Å². The number of pyridine rings is 2. The number of aromatic amines is 1. The number of aliphatic carboxylic acids is 2. The number of hydrogen-bond acceptors (Lipinski definition) is 9. The first-order valence-electron chi connectivity index (χ1n) is 11.4. The van der Waals surface area contributed by atoms with Crippen LogP contribution in [0.15, 0.2) is 48.9 Å². The van der Waals surface area contributed by atoms with E-state index in [0.717, 1.165) is 28.2 Å². The fraction of sp³-hybridized carbons (Fsp3) is 0.120. The molecule has 0 atom stereocenters. The molecule has 5 heterocycles. The monoisotopic (exact) mass is 608 g/mol. The molecule has 0 spiro atoms. The third kappa shape index (κ3) is 6.40. The van der Waals surface area contributed by atoms with Crippen LogP contribution in [0.25, 0.3) is 33.9 Å². The first-order valence-corrected chi connectivity index (χ1v) is 11.4. The van der Waals surface area contributed by atoms with Crippen molar-refractivity contribution < 1.29 is 55.6 Å². The summed E-state index contributed by atoms with van der Waals surface area (Å²) in [5.41, 5.74) is 5.18. The zero-order chi connectivity index (χ0) is 31.5. The summed E-state index contributed by atoms with van der Waals surface area (Å²) >= 11 is 0. The van der Waals surface area contributed by atoms with Crippen LogP contribution in [0.1, 0.15) is 5.56 Å². The Balaban J connectivity index is 0.000000254. The summed E-state index contributed by atoms with van der Waals surface area (Å²) < 4.78 is 74.6. The lowest BCUT2D eigenvalue weighted by Gasteiger charge is -2.08. The van der Waals surface area contributed by atoms with E-state index in [4.69, 9.17) is 34.3 Å². The molecule has 0 fully saturated rings. The highest BCUT2D eigenvalue weighted by atomic mass is 19.4. The van der Waals surface area contributed by atoms with Crippen LogP contribution in [0.2, 0.25) is 0 Å². The second kappa shape index (κ2) is 11.6. The number of hydrogen-bond donors (Lipinski definition) is 4. The molecule has 18 heteroatoms. The van der Waals surface area contributed by atoms with Crippen molar-refractivity contribution in [3.63, 3.8) is 0 Å². The van der Waals surface area contributed by atoms with E-state index in [2.05, 4.69) is 26.3 Å². The molecular formula is C25H14F6N6O6. The quantitative estimate of drug-likeness (QED) is 0.185. The molecule has 0 aliphatic carbocycles. The highest BCUT2D eigenvalue weighted by molar-refractivity contribution is 5.95. The molecule has 1 aromatic carbocycles. The number of carboxylic acid groups (broad SMARTS) is 2. The fourth-order valence-corrected chi connectivity index (χ4v) is 3.72. The van der Waals surface area contributed by atoms with Gasteiger partial charge in [-0.1, -0.05) is 0 Å². The van der Waals surface area contributed by atoms with E-state index in [1.807, 2.05) is 18.2 Å². The summed E-state index contributed by atoms with van der Waals surface area (Å²) in [5, 5.41) is 27.2. The molecule has 0 saturated heterocycles. The number of ether oxygens (including phenoxy) is 2. The first-order chi connectivity index (χ1) is 20.2. The van der Waals surface area contributed by atoms with Crippen LogP contribution in [0.4, 0.5) is 37.8 Å². The zero-order valence-corrected chi connectivity index (χ0v) is 20.9.